The Bertz CT molecular complexity index is 1350. The predicted molar refractivity (Wildman–Crippen MR) is 144 cm³/mol. The van der Waals surface area contributed by atoms with Gasteiger partial charge in [-0.15, -0.1) is 0 Å². The minimum Gasteiger partial charge on any atom is -0.436 e. The Hall–Kier alpha value is -3.99. The molecule has 1 aliphatic rings. The third kappa shape index (κ3) is 7.11. The number of fused-ring (bicyclic) bond motifs is 1. The minimum atomic E-state index is -1.21. The average molecular weight is 555 g/mol. The minimum absolute atomic E-state index is 0.00213. The lowest BCUT2D eigenvalue weighted by Gasteiger charge is -2.25. The second-order valence-electron chi connectivity index (χ2n) is 9.79. The number of rotatable bonds is 11. The van der Waals surface area contributed by atoms with Crippen LogP contribution in [0.1, 0.15) is 43.0 Å². The third-order valence-electron chi connectivity index (χ3n) is 6.90. The first kappa shape index (κ1) is 28.0. The zero-order valence-corrected chi connectivity index (χ0v) is 22.3. The molecule has 0 aliphatic carbocycles. The van der Waals surface area contributed by atoms with E-state index in [9.17, 15) is 19.2 Å². The number of primary amides is 1. The van der Waals surface area contributed by atoms with Crippen LogP contribution >= 0.6 is 11.6 Å². The smallest absolute Gasteiger partial charge is 0.405 e. The molecule has 39 heavy (non-hydrogen) atoms. The Morgan fingerprint density at radius 3 is 2.69 bits per heavy atom. The van der Waals surface area contributed by atoms with Gasteiger partial charge in [-0.3, -0.25) is 19.0 Å². The number of carbonyl (C=O) groups excluding carboxylic acids is 4. The Balaban J connectivity index is 1.52. The number of benzene rings is 1. The summed E-state index contributed by atoms with van der Waals surface area (Å²) in [6.45, 7) is 2.44. The second kappa shape index (κ2) is 12.7. The van der Waals surface area contributed by atoms with Crippen LogP contribution in [0.4, 0.5) is 4.79 Å². The van der Waals surface area contributed by atoms with E-state index in [4.69, 9.17) is 22.1 Å². The number of aryl methyl sites for hydroxylation is 1. The number of hydrogen-bond acceptors (Lipinski definition) is 7. The van der Waals surface area contributed by atoms with Crippen LogP contribution in [0.5, 0.6) is 0 Å². The molecule has 1 aromatic carbocycles. The van der Waals surface area contributed by atoms with Gasteiger partial charge in [0, 0.05) is 18.7 Å². The van der Waals surface area contributed by atoms with E-state index < -0.39 is 36.0 Å². The zero-order chi connectivity index (χ0) is 27.9. The summed E-state index contributed by atoms with van der Waals surface area (Å²) < 4.78 is 6.45. The van der Waals surface area contributed by atoms with Gasteiger partial charge in [-0.25, -0.2) is 14.8 Å². The average Bonchev–Trinajstić information content (AvgIpc) is 3.53. The van der Waals surface area contributed by atoms with Crippen LogP contribution in [0.2, 0.25) is 5.15 Å². The van der Waals surface area contributed by atoms with E-state index in [0.717, 1.165) is 18.4 Å². The topological polar surface area (TPSA) is 158 Å². The molecule has 0 bridgehead atoms. The first-order chi connectivity index (χ1) is 18.7. The summed E-state index contributed by atoms with van der Waals surface area (Å²) in [5.41, 5.74) is 6.70. The van der Waals surface area contributed by atoms with Gasteiger partial charge >= 0.3 is 6.09 Å². The summed E-state index contributed by atoms with van der Waals surface area (Å²) in [4.78, 5) is 59.1. The summed E-state index contributed by atoms with van der Waals surface area (Å²) in [5.74, 6) is -1.84. The molecule has 11 nitrogen and oxygen atoms in total. The van der Waals surface area contributed by atoms with E-state index in [0.29, 0.717) is 18.4 Å². The van der Waals surface area contributed by atoms with Gasteiger partial charge in [0.2, 0.25) is 5.91 Å². The lowest BCUT2D eigenvalue weighted by Crippen LogP contribution is -2.50. The number of nitrogens with one attached hydrogen (secondary N) is 2. The summed E-state index contributed by atoms with van der Waals surface area (Å²) >= 11 is 6.14. The fourth-order valence-electron chi connectivity index (χ4n) is 4.80. The van der Waals surface area contributed by atoms with Crippen molar-refractivity contribution in [2.75, 3.05) is 6.54 Å². The van der Waals surface area contributed by atoms with Crippen molar-refractivity contribution in [2.24, 2.45) is 17.6 Å². The van der Waals surface area contributed by atoms with E-state index in [2.05, 4.69) is 20.6 Å². The van der Waals surface area contributed by atoms with Crippen LogP contribution in [-0.4, -0.2) is 57.0 Å². The highest BCUT2D eigenvalue weighted by atomic mass is 35.5. The van der Waals surface area contributed by atoms with Crippen molar-refractivity contribution in [3.05, 3.63) is 59.6 Å². The summed E-state index contributed by atoms with van der Waals surface area (Å²) in [6, 6.07) is 10.4. The molecule has 1 fully saturated rings. The molecule has 0 spiro atoms. The standard InChI is InChI=1S/C27H31ClN6O5/c1-16(7-8-17-5-3-2-4-6-17)13-21(39-27(29)38)25(36)33-20(14-18-9-11-30-24(18)35)26(37)34-12-10-19-22(28)31-15-32-23(19)34/h2-6,10,12,15-16,18,20-21H,7-9,11,13-14H2,1H3,(H2,29,38)(H,30,35)(H,33,36)/t16?,18?,20-,21-/m1/s1. The fourth-order valence-corrected chi connectivity index (χ4v) is 4.99. The van der Waals surface area contributed by atoms with Crippen molar-refractivity contribution in [1.82, 2.24) is 25.2 Å². The number of nitrogens with zero attached hydrogens (tertiary/aromatic N) is 3. The van der Waals surface area contributed by atoms with E-state index in [1.165, 1.54) is 17.1 Å². The highest BCUT2D eigenvalue weighted by molar-refractivity contribution is 6.34. The van der Waals surface area contributed by atoms with Gasteiger partial charge in [0.05, 0.1) is 5.39 Å². The lowest BCUT2D eigenvalue weighted by atomic mass is 9.94. The fraction of sp³-hybridized carbons (Fsp3) is 0.407. The molecule has 12 heteroatoms. The van der Waals surface area contributed by atoms with E-state index in [1.807, 2.05) is 37.3 Å². The van der Waals surface area contributed by atoms with Crippen molar-refractivity contribution in [3.8, 4) is 0 Å². The maximum atomic E-state index is 13.7. The molecular formula is C27H31ClN6O5. The van der Waals surface area contributed by atoms with Gasteiger partial charge in [0.25, 0.3) is 11.8 Å². The van der Waals surface area contributed by atoms with Crippen LogP contribution in [-0.2, 0) is 20.7 Å². The predicted octanol–water partition coefficient (Wildman–Crippen LogP) is 2.86. The summed E-state index contributed by atoms with van der Waals surface area (Å²) in [6.07, 6.45) is 2.75. The highest BCUT2D eigenvalue weighted by Crippen LogP contribution is 2.23. The van der Waals surface area contributed by atoms with E-state index >= 15 is 0 Å². The second-order valence-corrected chi connectivity index (χ2v) is 10.1. The Labute approximate surface area is 230 Å². The van der Waals surface area contributed by atoms with Crippen LogP contribution in [0, 0.1) is 11.8 Å². The molecule has 0 radical (unpaired) electrons. The molecule has 1 aliphatic heterocycles. The van der Waals surface area contributed by atoms with E-state index in [1.54, 1.807) is 6.07 Å². The van der Waals surface area contributed by atoms with Crippen LogP contribution < -0.4 is 16.4 Å². The number of hydrogen-bond donors (Lipinski definition) is 3. The Morgan fingerprint density at radius 2 is 2.00 bits per heavy atom. The molecule has 2 unspecified atom stereocenters. The molecule has 206 valence electrons. The first-order valence-electron chi connectivity index (χ1n) is 12.8. The molecule has 4 atom stereocenters. The van der Waals surface area contributed by atoms with Crippen LogP contribution in [0.3, 0.4) is 0 Å². The zero-order valence-electron chi connectivity index (χ0n) is 21.5. The number of carbonyl (C=O) groups is 4. The van der Waals surface area contributed by atoms with Crippen LogP contribution in [0.15, 0.2) is 48.9 Å². The first-order valence-corrected chi connectivity index (χ1v) is 13.2. The van der Waals surface area contributed by atoms with Crippen molar-refractivity contribution >= 4 is 46.4 Å². The molecule has 3 aromatic rings. The number of ether oxygens (including phenoxy) is 1. The van der Waals surface area contributed by atoms with Crippen molar-refractivity contribution in [3.63, 3.8) is 0 Å². The molecule has 4 rings (SSSR count). The maximum Gasteiger partial charge on any atom is 0.405 e. The SMILES string of the molecule is CC(CCc1ccccc1)C[C@@H](OC(N)=O)C(=O)N[C@H](CC1CCNC1=O)C(=O)n1ccc2c(Cl)ncnc21. The lowest BCUT2D eigenvalue weighted by molar-refractivity contribution is -0.131. The third-order valence-corrected chi connectivity index (χ3v) is 7.20. The highest BCUT2D eigenvalue weighted by Gasteiger charge is 2.35. The van der Waals surface area contributed by atoms with Crippen molar-refractivity contribution < 1.29 is 23.9 Å². The summed E-state index contributed by atoms with van der Waals surface area (Å²) in [7, 11) is 0. The Morgan fingerprint density at radius 1 is 1.23 bits per heavy atom. The molecule has 4 N–H and O–H groups in total. The van der Waals surface area contributed by atoms with Gasteiger partial charge in [0.15, 0.2) is 11.8 Å². The van der Waals surface area contributed by atoms with Gasteiger partial charge in [-0.05, 0) is 49.7 Å². The normalized spacial score (nSPS) is 17.3. The molecule has 1 saturated heterocycles. The quantitative estimate of drug-likeness (QED) is 0.307. The van der Waals surface area contributed by atoms with Crippen molar-refractivity contribution in [1.29, 1.82) is 0 Å². The summed E-state index contributed by atoms with van der Waals surface area (Å²) in [5, 5.41) is 6.12. The molecular weight excluding hydrogens is 524 g/mol. The van der Waals surface area contributed by atoms with Gasteiger partial charge in [0.1, 0.15) is 17.5 Å². The van der Waals surface area contributed by atoms with E-state index in [-0.39, 0.29) is 35.5 Å². The maximum absolute atomic E-state index is 13.7. The molecule has 3 heterocycles. The van der Waals surface area contributed by atoms with Gasteiger partial charge in [-0.2, -0.15) is 0 Å². The van der Waals surface area contributed by atoms with Crippen molar-refractivity contribution in [2.45, 2.75) is 51.2 Å². The number of nitrogens with two attached hydrogens (primary N) is 1. The van der Waals surface area contributed by atoms with Gasteiger partial charge in [-0.1, -0.05) is 48.9 Å². The van der Waals surface area contributed by atoms with Gasteiger partial charge < -0.3 is 21.1 Å². The number of halogens is 1. The number of amides is 3. The molecule has 0 saturated carbocycles. The number of aromatic nitrogens is 3. The monoisotopic (exact) mass is 554 g/mol. The van der Waals surface area contributed by atoms with Crippen LogP contribution in [0.25, 0.3) is 11.0 Å². The molecule has 2 aromatic heterocycles. The largest absolute Gasteiger partial charge is 0.436 e. The molecule has 3 amide bonds. The Kier molecular flexibility index (Phi) is 9.13.